The molecule has 0 aromatic rings. The molecule has 0 aliphatic carbocycles. The van der Waals surface area contributed by atoms with Gasteiger partial charge in [-0.3, -0.25) is 0 Å². The molecule has 0 aromatic heterocycles. The first-order valence-electron chi connectivity index (χ1n) is 19.2. The highest BCUT2D eigenvalue weighted by Gasteiger charge is 2.04. The largest absolute Gasteiger partial charge is 0.0654 e. The van der Waals surface area contributed by atoms with Crippen molar-refractivity contribution in [2.45, 2.75) is 240 Å². The van der Waals surface area contributed by atoms with Crippen molar-refractivity contribution in [3.05, 3.63) is 0 Å². The van der Waals surface area contributed by atoms with Crippen molar-refractivity contribution >= 4 is 0 Å². The Morgan fingerprint density at radius 3 is 0.564 bits per heavy atom. The van der Waals surface area contributed by atoms with Gasteiger partial charge in [-0.15, -0.1) is 0 Å². The van der Waals surface area contributed by atoms with E-state index in [2.05, 4.69) is 27.7 Å². The van der Waals surface area contributed by atoms with E-state index in [1.807, 2.05) is 0 Å². The van der Waals surface area contributed by atoms with Gasteiger partial charge in [0.25, 0.3) is 0 Å². The lowest BCUT2D eigenvalue weighted by atomic mass is 9.95. The van der Waals surface area contributed by atoms with E-state index in [0.29, 0.717) is 0 Å². The Morgan fingerprint density at radius 1 is 0.231 bits per heavy atom. The minimum atomic E-state index is 0.964. The van der Waals surface area contributed by atoms with Crippen LogP contribution in [0.2, 0.25) is 0 Å². The van der Waals surface area contributed by atoms with Crippen LogP contribution in [-0.4, -0.2) is 0 Å². The van der Waals surface area contributed by atoms with Crippen LogP contribution in [0, 0.1) is 11.8 Å². The summed E-state index contributed by atoms with van der Waals surface area (Å²) in [4.78, 5) is 0. The van der Waals surface area contributed by atoms with Gasteiger partial charge in [-0.2, -0.15) is 0 Å². The van der Waals surface area contributed by atoms with Crippen molar-refractivity contribution in [3.8, 4) is 0 Å². The molecule has 0 fully saturated rings. The van der Waals surface area contributed by atoms with Crippen LogP contribution in [0.1, 0.15) is 240 Å². The van der Waals surface area contributed by atoms with Gasteiger partial charge in [-0.05, 0) is 11.8 Å². The molecule has 0 N–H and O–H groups in total. The lowest BCUT2D eigenvalue weighted by Gasteiger charge is -2.11. The Bertz CT molecular complexity index is 374. The lowest BCUT2D eigenvalue weighted by Crippen LogP contribution is -1.95. The van der Waals surface area contributed by atoms with Crippen LogP contribution >= 0.6 is 0 Å². The zero-order valence-corrected chi connectivity index (χ0v) is 28.5. The number of hydrogen-bond donors (Lipinski definition) is 0. The fraction of sp³-hybridized carbons (Fsp3) is 1.00. The van der Waals surface area contributed by atoms with E-state index in [-0.39, 0.29) is 0 Å². The first-order valence-corrected chi connectivity index (χ1v) is 19.2. The number of unbranched alkanes of at least 4 members (excludes halogenated alkanes) is 26. The molecule has 0 rings (SSSR count). The van der Waals surface area contributed by atoms with Crippen LogP contribution in [0.5, 0.6) is 0 Å². The van der Waals surface area contributed by atoms with Crippen LogP contribution in [0.3, 0.4) is 0 Å². The highest BCUT2D eigenvalue weighted by molar-refractivity contribution is 4.58. The molecule has 0 unspecified atom stereocenters. The molecule has 0 heterocycles. The maximum absolute atomic E-state index is 2.51. The molecule has 0 aliphatic rings. The zero-order valence-electron chi connectivity index (χ0n) is 28.5. The first kappa shape index (κ1) is 39.0. The molecule has 0 bridgehead atoms. The zero-order chi connectivity index (χ0) is 28.5. The predicted octanol–water partition coefficient (Wildman–Crippen LogP) is 15.2. The van der Waals surface area contributed by atoms with E-state index in [9.17, 15) is 0 Å². The summed E-state index contributed by atoms with van der Waals surface area (Å²) in [5, 5.41) is 0. The summed E-state index contributed by atoms with van der Waals surface area (Å²) < 4.78 is 0. The molecular formula is C39H80. The second-order valence-electron chi connectivity index (χ2n) is 13.9. The van der Waals surface area contributed by atoms with E-state index in [1.54, 1.807) is 0 Å². The standard InChI is InChI=1S/C39H80/c1-5-7-9-11-13-15-18-22-26-30-34-38(3)36-32-28-24-20-17-21-25-29-33-37-39(4)35-31-27-23-19-16-14-12-10-8-6-2/h38-39H,5-37H2,1-4H3/t38-,39+. The first-order chi connectivity index (χ1) is 19.2. The third-order valence-electron chi connectivity index (χ3n) is 9.49. The summed E-state index contributed by atoms with van der Waals surface area (Å²) in [5.41, 5.74) is 0. The topological polar surface area (TPSA) is 0 Å². The van der Waals surface area contributed by atoms with Crippen molar-refractivity contribution in [2.75, 3.05) is 0 Å². The van der Waals surface area contributed by atoms with Crippen LogP contribution in [0.25, 0.3) is 0 Å². The van der Waals surface area contributed by atoms with Crippen molar-refractivity contribution in [2.24, 2.45) is 11.8 Å². The average molecular weight is 549 g/mol. The normalized spacial score (nSPS) is 13.2. The van der Waals surface area contributed by atoms with Crippen LogP contribution in [0.4, 0.5) is 0 Å². The maximum atomic E-state index is 2.51. The summed E-state index contributed by atoms with van der Waals surface area (Å²) in [6.07, 6.45) is 48.6. The van der Waals surface area contributed by atoms with Crippen LogP contribution < -0.4 is 0 Å². The molecule has 0 spiro atoms. The summed E-state index contributed by atoms with van der Waals surface area (Å²) in [6.45, 7) is 9.63. The Kier molecular flexibility index (Phi) is 34.2. The summed E-state index contributed by atoms with van der Waals surface area (Å²) in [6, 6.07) is 0. The molecule has 0 amide bonds. The lowest BCUT2D eigenvalue weighted by molar-refractivity contribution is 0.425. The van der Waals surface area contributed by atoms with Crippen molar-refractivity contribution < 1.29 is 0 Å². The molecule has 0 aliphatic heterocycles. The molecule has 2 atom stereocenters. The van der Waals surface area contributed by atoms with Gasteiger partial charge in [0.15, 0.2) is 0 Å². The van der Waals surface area contributed by atoms with Gasteiger partial charge in [0.2, 0.25) is 0 Å². The SMILES string of the molecule is CCCCCCCCCCCC[C@@H](C)CCCCCCCCCCC[C@@H](C)CCCCCCCCCCCC. The second kappa shape index (κ2) is 34.2. The summed E-state index contributed by atoms with van der Waals surface area (Å²) in [5.74, 6) is 1.93. The van der Waals surface area contributed by atoms with Gasteiger partial charge in [0.05, 0.1) is 0 Å². The smallest absolute Gasteiger partial charge is 0.0443 e. The molecule has 0 radical (unpaired) electrons. The molecule has 0 saturated carbocycles. The molecule has 0 aromatic carbocycles. The van der Waals surface area contributed by atoms with Crippen LogP contribution in [0.15, 0.2) is 0 Å². The molecule has 0 saturated heterocycles. The Morgan fingerprint density at radius 2 is 0.385 bits per heavy atom. The minimum absolute atomic E-state index is 0.964. The van der Waals surface area contributed by atoms with Gasteiger partial charge in [-0.1, -0.05) is 240 Å². The molecule has 0 nitrogen and oxygen atoms in total. The highest BCUT2D eigenvalue weighted by atomic mass is 14.1. The van der Waals surface area contributed by atoms with E-state index < -0.39 is 0 Å². The molecule has 39 heavy (non-hydrogen) atoms. The van der Waals surface area contributed by atoms with E-state index in [4.69, 9.17) is 0 Å². The monoisotopic (exact) mass is 549 g/mol. The van der Waals surface area contributed by atoms with Gasteiger partial charge in [-0.25, -0.2) is 0 Å². The van der Waals surface area contributed by atoms with E-state index in [1.165, 1.54) is 212 Å². The summed E-state index contributed by atoms with van der Waals surface area (Å²) >= 11 is 0. The van der Waals surface area contributed by atoms with Gasteiger partial charge < -0.3 is 0 Å². The van der Waals surface area contributed by atoms with Crippen LogP contribution in [-0.2, 0) is 0 Å². The quantitative estimate of drug-likeness (QED) is 0.0701. The van der Waals surface area contributed by atoms with Crippen molar-refractivity contribution in [3.63, 3.8) is 0 Å². The van der Waals surface area contributed by atoms with E-state index >= 15 is 0 Å². The second-order valence-corrected chi connectivity index (χ2v) is 13.9. The predicted molar refractivity (Wildman–Crippen MR) is 182 cm³/mol. The molecule has 0 heteroatoms. The third-order valence-corrected chi connectivity index (χ3v) is 9.49. The van der Waals surface area contributed by atoms with Gasteiger partial charge in [0, 0.05) is 0 Å². The molecule has 236 valence electrons. The van der Waals surface area contributed by atoms with Gasteiger partial charge in [0.1, 0.15) is 0 Å². The Labute approximate surface area is 251 Å². The maximum Gasteiger partial charge on any atom is -0.0443 e. The Hall–Kier alpha value is 0. The fourth-order valence-corrected chi connectivity index (χ4v) is 6.47. The van der Waals surface area contributed by atoms with Gasteiger partial charge >= 0.3 is 0 Å². The minimum Gasteiger partial charge on any atom is -0.0654 e. The highest BCUT2D eigenvalue weighted by Crippen LogP contribution is 2.21. The fourth-order valence-electron chi connectivity index (χ4n) is 6.47. The van der Waals surface area contributed by atoms with E-state index in [0.717, 1.165) is 11.8 Å². The Balaban J connectivity index is 3.22. The average Bonchev–Trinajstić information content (AvgIpc) is 2.93. The van der Waals surface area contributed by atoms with Crippen molar-refractivity contribution in [1.29, 1.82) is 0 Å². The number of rotatable bonds is 34. The summed E-state index contributed by atoms with van der Waals surface area (Å²) in [7, 11) is 0. The number of hydrogen-bond acceptors (Lipinski definition) is 0. The molecular weight excluding hydrogens is 468 g/mol. The third kappa shape index (κ3) is 34.1. The van der Waals surface area contributed by atoms with Crippen molar-refractivity contribution in [1.82, 2.24) is 0 Å².